The standard InChI is InChI=1S/C15H24ClN/c1-6-14(17-11(2)15(3,4)5)12-8-7-9-13(16)10-12/h7-11,14,17H,6H2,1-5H3. The number of nitrogens with one attached hydrogen (secondary N) is 1. The smallest absolute Gasteiger partial charge is 0.0409 e. The van der Waals surface area contributed by atoms with Crippen LogP contribution >= 0.6 is 11.6 Å². The van der Waals surface area contributed by atoms with E-state index in [1.165, 1.54) is 5.56 Å². The van der Waals surface area contributed by atoms with Gasteiger partial charge in [0.2, 0.25) is 0 Å². The van der Waals surface area contributed by atoms with E-state index in [4.69, 9.17) is 11.6 Å². The predicted octanol–water partition coefficient (Wildman–Crippen LogP) is 4.82. The second-order valence-electron chi connectivity index (χ2n) is 5.77. The topological polar surface area (TPSA) is 12.0 Å². The summed E-state index contributed by atoms with van der Waals surface area (Å²) in [7, 11) is 0. The van der Waals surface area contributed by atoms with Crippen molar-refractivity contribution in [3.8, 4) is 0 Å². The molecular formula is C15H24ClN. The van der Waals surface area contributed by atoms with Crippen molar-refractivity contribution in [2.24, 2.45) is 5.41 Å². The Balaban J connectivity index is 2.79. The maximum atomic E-state index is 6.04. The third-order valence-electron chi connectivity index (χ3n) is 3.41. The lowest BCUT2D eigenvalue weighted by atomic mass is 9.87. The summed E-state index contributed by atoms with van der Waals surface area (Å²) in [5.74, 6) is 0. The minimum absolute atomic E-state index is 0.270. The summed E-state index contributed by atoms with van der Waals surface area (Å²) in [6.07, 6.45) is 1.07. The highest BCUT2D eigenvalue weighted by molar-refractivity contribution is 6.30. The molecule has 0 aromatic heterocycles. The molecule has 0 amide bonds. The quantitative estimate of drug-likeness (QED) is 0.812. The Morgan fingerprint density at radius 2 is 1.94 bits per heavy atom. The van der Waals surface area contributed by atoms with Gasteiger partial charge in [-0.3, -0.25) is 0 Å². The molecule has 0 saturated carbocycles. The summed E-state index contributed by atoms with van der Waals surface area (Å²) < 4.78 is 0. The minimum atomic E-state index is 0.270. The molecule has 0 aliphatic rings. The van der Waals surface area contributed by atoms with Gasteiger partial charge in [0, 0.05) is 17.1 Å². The SMILES string of the molecule is CCC(NC(C)C(C)(C)C)c1cccc(Cl)c1. The molecule has 0 bridgehead atoms. The van der Waals surface area contributed by atoms with Gasteiger partial charge in [-0.05, 0) is 36.5 Å². The first-order chi connectivity index (χ1) is 7.84. The largest absolute Gasteiger partial charge is 0.307 e. The van der Waals surface area contributed by atoms with Crippen LogP contribution < -0.4 is 5.32 Å². The zero-order valence-corrected chi connectivity index (χ0v) is 12.3. The van der Waals surface area contributed by atoms with E-state index in [0.717, 1.165) is 11.4 Å². The van der Waals surface area contributed by atoms with Gasteiger partial charge >= 0.3 is 0 Å². The van der Waals surface area contributed by atoms with Crippen molar-refractivity contribution in [3.05, 3.63) is 34.9 Å². The van der Waals surface area contributed by atoms with E-state index in [9.17, 15) is 0 Å². The van der Waals surface area contributed by atoms with Gasteiger partial charge in [0.25, 0.3) is 0 Å². The summed E-state index contributed by atoms with van der Waals surface area (Å²) in [5.41, 5.74) is 1.54. The molecule has 1 N–H and O–H groups in total. The molecule has 2 heteroatoms. The van der Waals surface area contributed by atoms with E-state index in [0.29, 0.717) is 12.1 Å². The Hall–Kier alpha value is -0.530. The lowest BCUT2D eigenvalue weighted by Gasteiger charge is -2.32. The third-order valence-corrected chi connectivity index (χ3v) is 3.64. The average Bonchev–Trinajstić information content (AvgIpc) is 2.24. The summed E-state index contributed by atoms with van der Waals surface area (Å²) in [6.45, 7) is 11.2. The molecule has 96 valence electrons. The van der Waals surface area contributed by atoms with Crippen molar-refractivity contribution in [3.63, 3.8) is 0 Å². The van der Waals surface area contributed by atoms with Crippen molar-refractivity contribution >= 4 is 11.6 Å². The molecule has 1 aromatic rings. The maximum absolute atomic E-state index is 6.04. The van der Waals surface area contributed by atoms with Crippen LogP contribution in [0.25, 0.3) is 0 Å². The van der Waals surface area contributed by atoms with Gasteiger partial charge in [-0.2, -0.15) is 0 Å². The van der Waals surface area contributed by atoms with E-state index >= 15 is 0 Å². The van der Waals surface area contributed by atoms with Crippen molar-refractivity contribution in [2.45, 2.75) is 53.1 Å². The summed E-state index contributed by atoms with van der Waals surface area (Å²) in [4.78, 5) is 0. The minimum Gasteiger partial charge on any atom is -0.307 e. The number of benzene rings is 1. The highest BCUT2D eigenvalue weighted by atomic mass is 35.5. The Kier molecular flexibility index (Phi) is 5.03. The van der Waals surface area contributed by atoms with Crippen LogP contribution in [0.15, 0.2) is 24.3 Å². The second kappa shape index (κ2) is 5.88. The summed E-state index contributed by atoms with van der Waals surface area (Å²) >= 11 is 6.04. The van der Waals surface area contributed by atoms with Crippen LogP contribution in [0.5, 0.6) is 0 Å². The fourth-order valence-corrected chi connectivity index (χ4v) is 1.92. The number of hydrogen-bond acceptors (Lipinski definition) is 1. The van der Waals surface area contributed by atoms with E-state index < -0.39 is 0 Å². The van der Waals surface area contributed by atoms with Gasteiger partial charge in [0.05, 0.1) is 0 Å². The van der Waals surface area contributed by atoms with Crippen molar-refractivity contribution in [1.82, 2.24) is 5.32 Å². The zero-order chi connectivity index (χ0) is 13.1. The average molecular weight is 254 g/mol. The molecule has 1 rings (SSSR count). The molecule has 0 spiro atoms. The molecule has 0 aliphatic heterocycles. The Morgan fingerprint density at radius 1 is 1.29 bits per heavy atom. The molecule has 2 atom stereocenters. The first kappa shape index (κ1) is 14.5. The Labute approximate surface area is 111 Å². The Morgan fingerprint density at radius 3 is 2.41 bits per heavy atom. The lowest BCUT2D eigenvalue weighted by molar-refractivity contribution is 0.260. The van der Waals surface area contributed by atoms with Crippen molar-refractivity contribution < 1.29 is 0 Å². The monoisotopic (exact) mass is 253 g/mol. The summed E-state index contributed by atoms with van der Waals surface area (Å²) in [5, 5.41) is 4.50. The number of hydrogen-bond donors (Lipinski definition) is 1. The van der Waals surface area contributed by atoms with Crippen LogP contribution in [0.2, 0.25) is 5.02 Å². The van der Waals surface area contributed by atoms with Gasteiger partial charge in [0.1, 0.15) is 0 Å². The zero-order valence-electron chi connectivity index (χ0n) is 11.5. The van der Waals surface area contributed by atoms with Gasteiger partial charge < -0.3 is 5.32 Å². The number of rotatable bonds is 4. The van der Waals surface area contributed by atoms with Crippen LogP contribution in [0.4, 0.5) is 0 Å². The van der Waals surface area contributed by atoms with Gasteiger partial charge in [0.15, 0.2) is 0 Å². The Bertz CT molecular complexity index is 354. The molecule has 0 radical (unpaired) electrons. The first-order valence-corrected chi connectivity index (χ1v) is 6.74. The van der Waals surface area contributed by atoms with Crippen LogP contribution in [0.1, 0.15) is 52.6 Å². The predicted molar refractivity (Wildman–Crippen MR) is 76.5 cm³/mol. The molecule has 2 unspecified atom stereocenters. The van der Waals surface area contributed by atoms with E-state index in [1.807, 2.05) is 12.1 Å². The van der Waals surface area contributed by atoms with Crippen LogP contribution in [0, 0.1) is 5.41 Å². The first-order valence-electron chi connectivity index (χ1n) is 6.36. The van der Waals surface area contributed by atoms with Gasteiger partial charge in [-0.15, -0.1) is 0 Å². The highest BCUT2D eigenvalue weighted by Crippen LogP contribution is 2.25. The fraction of sp³-hybridized carbons (Fsp3) is 0.600. The maximum Gasteiger partial charge on any atom is 0.0409 e. The normalized spacial score (nSPS) is 15.6. The summed E-state index contributed by atoms with van der Waals surface area (Å²) in [6, 6.07) is 8.98. The molecule has 1 aromatic carbocycles. The molecule has 0 heterocycles. The van der Waals surface area contributed by atoms with Crippen LogP contribution in [-0.4, -0.2) is 6.04 Å². The van der Waals surface area contributed by atoms with Crippen molar-refractivity contribution in [1.29, 1.82) is 0 Å². The third kappa shape index (κ3) is 4.33. The van der Waals surface area contributed by atoms with E-state index in [2.05, 4.69) is 52.1 Å². The number of halogens is 1. The molecule has 0 fully saturated rings. The molecule has 1 nitrogen and oxygen atoms in total. The lowest BCUT2D eigenvalue weighted by Crippen LogP contribution is -2.39. The van der Waals surface area contributed by atoms with Crippen LogP contribution in [0.3, 0.4) is 0 Å². The molecule has 0 aliphatic carbocycles. The van der Waals surface area contributed by atoms with Crippen molar-refractivity contribution in [2.75, 3.05) is 0 Å². The second-order valence-corrected chi connectivity index (χ2v) is 6.21. The highest BCUT2D eigenvalue weighted by Gasteiger charge is 2.22. The molecule has 17 heavy (non-hydrogen) atoms. The molecular weight excluding hydrogens is 230 g/mol. The fourth-order valence-electron chi connectivity index (χ4n) is 1.72. The van der Waals surface area contributed by atoms with Crippen LogP contribution in [-0.2, 0) is 0 Å². The van der Waals surface area contributed by atoms with E-state index in [1.54, 1.807) is 0 Å². The molecule has 0 saturated heterocycles. The van der Waals surface area contributed by atoms with Gasteiger partial charge in [-0.25, -0.2) is 0 Å². The van der Waals surface area contributed by atoms with E-state index in [-0.39, 0.29) is 5.41 Å². The van der Waals surface area contributed by atoms with Gasteiger partial charge in [-0.1, -0.05) is 51.4 Å².